The molecule has 0 bridgehead atoms. The summed E-state index contributed by atoms with van der Waals surface area (Å²) in [7, 11) is 0. The molecule has 96 valence electrons. The summed E-state index contributed by atoms with van der Waals surface area (Å²) in [5, 5.41) is 3.47. The lowest BCUT2D eigenvalue weighted by Crippen LogP contribution is -2.47. The Morgan fingerprint density at radius 2 is 1.88 bits per heavy atom. The van der Waals surface area contributed by atoms with E-state index >= 15 is 0 Å². The fraction of sp³-hybridized carbons (Fsp3) is 1.00. The average Bonchev–Trinajstić information content (AvgIpc) is 2.27. The molecular formula is C14H29NO. The summed E-state index contributed by atoms with van der Waals surface area (Å²) in [6.45, 7) is 10.9. The van der Waals surface area contributed by atoms with Gasteiger partial charge in [0.25, 0.3) is 0 Å². The lowest BCUT2D eigenvalue weighted by molar-refractivity contribution is -0.105. The Kier molecular flexibility index (Phi) is 5.77. The van der Waals surface area contributed by atoms with Gasteiger partial charge in [0, 0.05) is 6.54 Å². The summed E-state index contributed by atoms with van der Waals surface area (Å²) in [5.41, 5.74) is 0.121. The predicted molar refractivity (Wildman–Crippen MR) is 69.7 cm³/mol. The van der Waals surface area contributed by atoms with Crippen molar-refractivity contribution in [3.63, 3.8) is 0 Å². The van der Waals surface area contributed by atoms with E-state index in [4.69, 9.17) is 4.74 Å². The molecule has 16 heavy (non-hydrogen) atoms. The van der Waals surface area contributed by atoms with Gasteiger partial charge in [-0.1, -0.05) is 20.3 Å². The van der Waals surface area contributed by atoms with Crippen LogP contribution in [-0.4, -0.2) is 24.8 Å². The minimum atomic E-state index is 0.121. The normalized spacial score (nSPS) is 30.9. The summed E-state index contributed by atoms with van der Waals surface area (Å²) in [6.07, 6.45) is 6.83. The Bertz CT molecular complexity index is 183. The van der Waals surface area contributed by atoms with Crippen LogP contribution in [0.5, 0.6) is 0 Å². The van der Waals surface area contributed by atoms with Crippen LogP contribution in [0.4, 0.5) is 0 Å². The second-order valence-corrected chi connectivity index (χ2v) is 5.48. The van der Waals surface area contributed by atoms with Crippen molar-refractivity contribution in [1.29, 1.82) is 0 Å². The van der Waals surface area contributed by atoms with Crippen molar-refractivity contribution in [2.75, 3.05) is 13.1 Å². The first-order valence-corrected chi connectivity index (χ1v) is 7.00. The van der Waals surface area contributed by atoms with Crippen LogP contribution in [0.25, 0.3) is 0 Å². The highest BCUT2D eigenvalue weighted by Gasteiger charge is 2.35. The SMILES string of the molecule is CCNCC1(OC(C)C)CCC(CC)CC1. The fourth-order valence-electron chi connectivity index (χ4n) is 2.80. The van der Waals surface area contributed by atoms with E-state index in [1.165, 1.54) is 32.1 Å². The Morgan fingerprint density at radius 1 is 1.25 bits per heavy atom. The van der Waals surface area contributed by atoms with Crippen LogP contribution < -0.4 is 5.32 Å². The van der Waals surface area contributed by atoms with E-state index in [0.717, 1.165) is 19.0 Å². The zero-order chi connectivity index (χ0) is 12.0. The standard InChI is InChI=1S/C14H29NO/c1-5-13-7-9-14(10-8-13,11-15-6-2)16-12(3)4/h12-13,15H,5-11H2,1-4H3. The van der Waals surface area contributed by atoms with Gasteiger partial charge >= 0.3 is 0 Å². The highest BCUT2D eigenvalue weighted by Crippen LogP contribution is 2.36. The van der Waals surface area contributed by atoms with Gasteiger partial charge in [-0.05, 0) is 52.0 Å². The van der Waals surface area contributed by atoms with Crippen LogP contribution in [0, 0.1) is 5.92 Å². The smallest absolute Gasteiger partial charge is 0.0809 e. The Morgan fingerprint density at radius 3 is 2.31 bits per heavy atom. The molecule has 2 nitrogen and oxygen atoms in total. The van der Waals surface area contributed by atoms with Crippen LogP contribution in [-0.2, 0) is 4.74 Å². The van der Waals surface area contributed by atoms with Crippen LogP contribution in [0.1, 0.15) is 59.8 Å². The molecule has 0 aliphatic heterocycles. The molecule has 0 heterocycles. The van der Waals surface area contributed by atoms with Gasteiger partial charge in [0.1, 0.15) is 0 Å². The molecule has 1 aliphatic carbocycles. The third-order valence-corrected chi connectivity index (χ3v) is 3.78. The largest absolute Gasteiger partial charge is 0.371 e. The topological polar surface area (TPSA) is 21.3 Å². The molecular weight excluding hydrogens is 198 g/mol. The molecule has 2 heteroatoms. The van der Waals surface area contributed by atoms with Gasteiger partial charge in [-0.3, -0.25) is 0 Å². The lowest BCUT2D eigenvalue weighted by atomic mass is 9.77. The minimum absolute atomic E-state index is 0.121. The van der Waals surface area contributed by atoms with Gasteiger partial charge in [0.05, 0.1) is 11.7 Å². The molecule has 0 spiro atoms. The van der Waals surface area contributed by atoms with E-state index in [9.17, 15) is 0 Å². The maximum atomic E-state index is 6.21. The van der Waals surface area contributed by atoms with Crippen molar-refractivity contribution in [2.24, 2.45) is 5.92 Å². The zero-order valence-electron chi connectivity index (χ0n) is 11.5. The molecule has 0 aromatic carbocycles. The van der Waals surface area contributed by atoms with Gasteiger partial charge in [-0.25, -0.2) is 0 Å². The van der Waals surface area contributed by atoms with Gasteiger partial charge in [-0.15, -0.1) is 0 Å². The van der Waals surface area contributed by atoms with Gasteiger partial charge in [-0.2, -0.15) is 0 Å². The maximum absolute atomic E-state index is 6.21. The van der Waals surface area contributed by atoms with E-state index in [-0.39, 0.29) is 5.60 Å². The van der Waals surface area contributed by atoms with Gasteiger partial charge < -0.3 is 10.1 Å². The summed E-state index contributed by atoms with van der Waals surface area (Å²) in [5.74, 6) is 0.936. The molecule has 1 saturated carbocycles. The number of likely N-dealkylation sites (N-methyl/N-ethyl adjacent to an activating group) is 1. The molecule has 1 N–H and O–H groups in total. The molecule has 0 amide bonds. The highest BCUT2D eigenvalue weighted by atomic mass is 16.5. The Balaban J connectivity index is 2.51. The number of rotatable bonds is 6. The number of ether oxygens (including phenoxy) is 1. The van der Waals surface area contributed by atoms with Crippen molar-refractivity contribution in [3.05, 3.63) is 0 Å². The minimum Gasteiger partial charge on any atom is -0.371 e. The third-order valence-electron chi connectivity index (χ3n) is 3.78. The highest BCUT2D eigenvalue weighted by molar-refractivity contribution is 4.89. The molecule has 0 radical (unpaired) electrons. The van der Waals surface area contributed by atoms with E-state index in [1.54, 1.807) is 0 Å². The van der Waals surface area contributed by atoms with Gasteiger partial charge in [0.15, 0.2) is 0 Å². The van der Waals surface area contributed by atoms with Crippen molar-refractivity contribution < 1.29 is 4.74 Å². The second-order valence-electron chi connectivity index (χ2n) is 5.48. The summed E-state index contributed by atoms with van der Waals surface area (Å²) in [4.78, 5) is 0. The van der Waals surface area contributed by atoms with Crippen LogP contribution in [0.15, 0.2) is 0 Å². The zero-order valence-corrected chi connectivity index (χ0v) is 11.5. The molecule has 1 rings (SSSR count). The first-order valence-electron chi connectivity index (χ1n) is 7.00. The molecule has 0 atom stereocenters. The quantitative estimate of drug-likeness (QED) is 0.751. The maximum Gasteiger partial charge on any atom is 0.0809 e. The molecule has 0 aromatic heterocycles. The van der Waals surface area contributed by atoms with Crippen LogP contribution in [0.3, 0.4) is 0 Å². The van der Waals surface area contributed by atoms with E-state index in [2.05, 4.69) is 33.0 Å². The fourth-order valence-corrected chi connectivity index (χ4v) is 2.80. The first-order chi connectivity index (χ1) is 7.62. The number of hydrogen-bond donors (Lipinski definition) is 1. The summed E-state index contributed by atoms with van der Waals surface area (Å²) in [6, 6.07) is 0. The molecule has 1 fully saturated rings. The van der Waals surface area contributed by atoms with E-state index in [0.29, 0.717) is 6.10 Å². The number of hydrogen-bond acceptors (Lipinski definition) is 2. The molecule has 0 saturated heterocycles. The summed E-state index contributed by atoms with van der Waals surface area (Å²) < 4.78 is 6.21. The predicted octanol–water partition coefficient (Wildman–Crippen LogP) is 3.36. The van der Waals surface area contributed by atoms with Crippen molar-refractivity contribution in [1.82, 2.24) is 5.32 Å². The van der Waals surface area contributed by atoms with E-state index < -0.39 is 0 Å². The van der Waals surface area contributed by atoms with Crippen molar-refractivity contribution in [2.45, 2.75) is 71.5 Å². The number of nitrogens with one attached hydrogen (secondary N) is 1. The van der Waals surface area contributed by atoms with Crippen LogP contribution >= 0.6 is 0 Å². The first kappa shape index (κ1) is 14.0. The Hall–Kier alpha value is -0.0800. The summed E-state index contributed by atoms with van der Waals surface area (Å²) >= 11 is 0. The molecule has 1 aliphatic rings. The molecule has 0 unspecified atom stereocenters. The monoisotopic (exact) mass is 227 g/mol. The van der Waals surface area contributed by atoms with Crippen molar-refractivity contribution in [3.8, 4) is 0 Å². The second kappa shape index (κ2) is 6.61. The van der Waals surface area contributed by atoms with Gasteiger partial charge in [0.2, 0.25) is 0 Å². The van der Waals surface area contributed by atoms with Crippen LogP contribution in [0.2, 0.25) is 0 Å². The average molecular weight is 227 g/mol. The molecule has 0 aromatic rings. The third kappa shape index (κ3) is 4.06. The lowest BCUT2D eigenvalue weighted by Gasteiger charge is -2.41. The Labute approximate surface area is 101 Å². The van der Waals surface area contributed by atoms with Crippen molar-refractivity contribution >= 4 is 0 Å². The van der Waals surface area contributed by atoms with E-state index in [1.807, 2.05) is 0 Å².